The number of para-hydroxylation sites is 1. The minimum absolute atomic E-state index is 0.0789. The Morgan fingerprint density at radius 1 is 0.857 bits per heavy atom. The van der Waals surface area contributed by atoms with E-state index in [9.17, 15) is 9.59 Å². The van der Waals surface area contributed by atoms with Gasteiger partial charge in [0.25, 0.3) is 5.91 Å². The molecular formula is C27H23N3O4S. The average molecular weight is 486 g/mol. The van der Waals surface area contributed by atoms with Crippen LogP contribution in [0.25, 0.3) is 0 Å². The highest BCUT2D eigenvalue weighted by Crippen LogP contribution is 2.34. The van der Waals surface area contributed by atoms with Crippen molar-refractivity contribution >= 4 is 34.5 Å². The fraction of sp³-hybridized carbons (Fsp3) is 0.111. The molecular weight excluding hydrogens is 462 g/mol. The molecule has 2 amide bonds. The molecule has 0 saturated heterocycles. The van der Waals surface area contributed by atoms with Crippen LogP contribution < -0.4 is 25.4 Å². The van der Waals surface area contributed by atoms with E-state index < -0.39 is 0 Å². The van der Waals surface area contributed by atoms with Gasteiger partial charge in [-0.2, -0.15) is 0 Å². The number of hydrogen-bond acceptors (Lipinski definition) is 6. The largest absolute Gasteiger partial charge is 0.454 e. The molecule has 176 valence electrons. The third-order valence-corrected chi connectivity index (χ3v) is 6.44. The molecule has 35 heavy (non-hydrogen) atoms. The Labute approximate surface area is 206 Å². The second kappa shape index (κ2) is 10.4. The summed E-state index contributed by atoms with van der Waals surface area (Å²) >= 11 is 1.63. The Balaban J connectivity index is 1.25. The van der Waals surface area contributed by atoms with Gasteiger partial charge in [0.1, 0.15) is 0 Å². The van der Waals surface area contributed by atoms with Gasteiger partial charge in [0.05, 0.1) is 23.8 Å². The van der Waals surface area contributed by atoms with Gasteiger partial charge in [0, 0.05) is 16.6 Å². The number of amides is 2. The van der Waals surface area contributed by atoms with Gasteiger partial charge in [-0.25, -0.2) is 0 Å². The molecule has 0 aliphatic carbocycles. The van der Waals surface area contributed by atoms with Crippen molar-refractivity contribution in [2.24, 2.45) is 0 Å². The van der Waals surface area contributed by atoms with Crippen LogP contribution in [0.5, 0.6) is 11.5 Å². The zero-order valence-corrected chi connectivity index (χ0v) is 19.5. The topological polar surface area (TPSA) is 88.7 Å². The van der Waals surface area contributed by atoms with Gasteiger partial charge in [-0.05, 0) is 41.3 Å². The number of nitrogens with one attached hydrogen (secondary N) is 3. The number of hydrogen-bond donors (Lipinski definition) is 3. The van der Waals surface area contributed by atoms with Gasteiger partial charge < -0.3 is 20.1 Å². The predicted octanol–water partition coefficient (Wildman–Crippen LogP) is 5.05. The SMILES string of the molecule is O=C(CNC(c1ccccc1)c1cccs1)Nc1ccccc1C(=O)Nc1ccc2c(c1)OCO2. The zero-order valence-electron chi connectivity index (χ0n) is 18.7. The lowest BCUT2D eigenvalue weighted by atomic mass is 10.1. The number of carbonyl (C=O) groups excluding carboxylic acids is 2. The first-order valence-corrected chi connectivity index (χ1v) is 12.0. The highest BCUT2D eigenvalue weighted by atomic mass is 32.1. The highest BCUT2D eigenvalue weighted by Gasteiger charge is 2.19. The molecule has 1 unspecified atom stereocenters. The van der Waals surface area contributed by atoms with Crippen molar-refractivity contribution in [3.8, 4) is 11.5 Å². The minimum Gasteiger partial charge on any atom is -0.454 e. The third-order valence-electron chi connectivity index (χ3n) is 5.50. The van der Waals surface area contributed by atoms with E-state index in [0.717, 1.165) is 10.4 Å². The minimum atomic E-state index is -0.339. The second-order valence-corrected chi connectivity index (χ2v) is 8.84. The van der Waals surface area contributed by atoms with E-state index in [0.29, 0.717) is 28.4 Å². The smallest absolute Gasteiger partial charge is 0.257 e. The normalized spacial score (nSPS) is 12.7. The standard InChI is InChI=1S/C27H23N3O4S/c31-25(16-28-26(24-11-6-14-35-24)18-7-2-1-3-8-18)30-21-10-5-4-9-20(21)27(32)29-19-12-13-22-23(15-19)34-17-33-22/h1-15,26,28H,16-17H2,(H,29,32)(H,30,31). The van der Waals surface area contributed by atoms with Crippen LogP contribution in [0, 0.1) is 0 Å². The Bertz CT molecular complexity index is 1330. The maximum Gasteiger partial charge on any atom is 0.257 e. The molecule has 2 heterocycles. The first-order chi connectivity index (χ1) is 17.2. The summed E-state index contributed by atoms with van der Waals surface area (Å²) in [6.07, 6.45) is 0. The van der Waals surface area contributed by atoms with Crippen LogP contribution in [0.15, 0.2) is 90.3 Å². The lowest BCUT2D eigenvalue weighted by Crippen LogP contribution is -2.32. The lowest BCUT2D eigenvalue weighted by Gasteiger charge is -2.18. The third kappa shape index (κ3) is 5.34. The average Bonchev–Trinajstić information content (AvgIpc) is 3.57. The number of anilines is 2. The van der Waals surface area contributed by atoms with Gasteiger partial charge in [-0.15, -0.1) is 11.3 Å². The van der Waals surface area contributed by atoms with E-state index in [1.54, 1.807) is 53.8 Å². The molecule has 0 fully saturated rings. The van der Waals surface area contributed by atoms with Crippen LogP contribution in [-0.4, -0.2) is 25.2 Å². The summed E-state index contributed by atoms with van der Waals surface area (Å²) in [4.78, 5) is 26.9. The van der Waals surface area contributed by atoms with Gasteiger partial charge in [0.15, 0.2) is 11.5 Å². The quantitative estimate of drug-likeness (QED) is 0.325. The molecule has 5 rings (SSSR count). The van der Waals surface area contributed by atoms with Crippen LogP contribution in [0.4, 0.5) is 11.4 Å². The van der Waals surface area contributed by atoms with Gasteiger partial charge >= 0.3 is 0 Å². The first-order valence-electron chi connectivity index (χ1n) is 11.1. The lowest BCUT2D eigenvalue weighted by molar-refractivity contribution is -0.115. The second-order valence-electron chi connectivity index (χ2n) is 7.86. The fourth-order valence-electron chi connectivity index (χ4n) is 3.84. The Kier molecular flexibility index (Phi) is 6.74. The van der Waals surface area contributed by atoms with Crippen LogP contribution in [0.1, 0.15) is 26.8 Å². The molecule has 7 nitrogen and oxygen atoms in total. The monoisotopic (exact) mass is 485 g/mol. The molecule has 1 aliphatic rings. The molecule has 8 heteroatoms. The number of fused-ring (bicyclic) bond motifs is 1. The van der Waals surface area contributed by atoms with Crippen molar-refractivity contribution in [1.29, 1.82) is 0 Å². The van der Waals surface area contributed by atoms with Crippen molar-refractivity contribution in [1.82, 2.24) is 5.32 Å². The molecule has 0 bridgehead atoms. The fourth-order valence-corrected chi connectivity index (χ4v) is 4.66. The summed E-state index contributed by atoms with van der Waals surface area (Å²) in [6.45, 7) is 0.239. The highest BCUT2D eigenvalue weighted by molar-refractivity contribution is 7.10. The Morgan fingerprint density at radius 3 is 2.49 bits per heavy atom. The zero-order chi connectivity index (χ0) is 24.0. The molecule has 1 atom stereocenters. The van der Waals surface area contributed by atoms with Crippen molar-refractivity contribution in [3.05, 3.63) is 106 Å². The number of ether oxygens (including phenoxy) is 2. The molecule has 3 aromatic carbocycles. The van der Waals surface area contributed by atoms with Crippen LogP contribution >= 0.6 is 11.3 Å². The van der Waals surface area contributed by atoms with Crippen LogP contribution in [0.3, 0.4) is 0 Å². The summed E-state index contributed by atoms with van der Waals surface area (Å²) < 4.78 is 10.7. The maximum absolute atomic E-state index is 13.0. The molecule has 4 aromatic rings. The summed E-state index contributed by atoms with van der Waals surface area (Å²) in [7, 11) is 0. The van der Waals surface area contributed by atoms with Crippen molar-refractivity contribution < 1.29 is 19.1 Å². The summed E-state index contributed by atoms with van der Waals surface area (Å²) in [5.74, 6) is 0.632. The van der Waals surface area contributed by atoms with Crippen molar-refractivity contribution in [2.75, 3.05) is 24.0 Å². The van der Waals surface area contributed by atoms with E-state index in [4.69, 9.17) is 9.47 Å². The summed E-state index contributed by atoms with van der Waals surface area (Å²) in [5, 5.41) is 11.1. The van der Waals surface area contributed by atoms with Crippen molar-refractivity contribution in [2.45, 2.75) is 6.04 Å². The predicted molar refractivity (Wildman–Crippen MR) is 136 cm³/mol. The van der Waals surface area contributed by atoms with Gasteiger partial charge in [0.2, 0.25) is 12.7 Å². The summed E-state index contributed by atoms with van der Waals surface area (Å²) in [5.41, 5.74) is 2.44. The molecule has 1 aromatic heterocycles. The van der Waals surface area contributed by atoms with E-state index in [1.807, 2.05) is 47.8 Å². The number of benzene rings is 3. The van der Waals surface area contributed by atoms with E-state index in [1.165, 1.54) is 0 Å². The number of carbonyl (C=O) groups is 2. The van der Waals surface area contributed by atoms with Crippen molar-refractivity contribution in [3.63, 3.8) is 0 Å². The Morgan fingerprint density at radius 2 is 1.66 bits per heavy atom. The molecule has 3 N–H and O–H groups in total. The van der Waals surface area contributed by atoms with E-state index >= 15 is 0 Å². The summed E-state index contributed by atoms with van der Waals surface area (Å²) in [6, 6.07) is 26.0. The maximum atomic E-state index is 13.0. The molecule has 0 saturated carbocycles. The Hall–Kier alpha value is -4.14. The number of rotatable bonds is 8. The first kappa shape index (κ1) is 22.6. The van der Waals surface area contributed by atoms with Crippen LogP contribution in [0.2, 0.25) is 0 Å². The molecule has 1 aliphatic heterocycles. The van der Waals surface area contributed by atoms with Gasteiger partial charge in [-0.1, -0.05) is 48.5 Å². The molecule has 0 spiro atoms. The van der Waals surface area contributed by atoms with E-state index in [2.05, 4.69) is 16.0 Å². The number of thiophene rings is 1. The van der Waals surface area contributed by atoms with E-state index in [-0.39, 0.29) is 31.2 Å². The van der Waals surface area contributed by atoms with Gasteiger partial charge in [-0.3, -0.25) is 14.9 Å². The van der Waals surface area contributed by atoms with Crippen LogP contribution in [-0.2, 0) is 4.79 Å². The molecule has 0 radical (unpaired) electrons.